The minimum Gasteiger partial charge on any atom is -0.367 e. The second-order valence-electron chi connectivity index (χ2n) is 11.0. The molecule has 0 amide bonds. The van der Waals surface area contributed by atoms with Crippen molar-refractivity contribution in [3.63, 3.8) is 0 Å². The molecule has 0 saturated heterocycles. The highest BCUT2D eigenvalue weighted by atomic mass is 15.3. The second kappa shape index (κ2) is 8.98. The van der Waals surface area contributed by atoms with Crippen LogP contribution in [0, 0.1) is 0 Å². The maximum absolute atomic E-state index is 3.72. The lowest BCUT2D eigenvalue weighted by molar-refractivity contribution is 0.626. The zero-order chi connectivity index (χ0) is 27.6. The normalized spacial score (nSPS) is 15.0. The monoisotopic (exact) mass is 537 g/mol. The number of nitrogens with one attached hydrogen (secondary N) is 1. The van der Waals surface area contributed by atoms with E-state index >= 15 is 0 Å². The van der Waals surface area contributed by atoms with E-state index in [0.29, 0.717) is 0 Å². The number of hydrogen-bond donors (Lipinski definition) is 1. The Kier molecular flexibility index (Phi) is 4.96. The molecular weight excluding hydrogens is 510 g/mol. The van der Waals surface area contributed by atoms with Crippen molar-refractivity contribution >= 4 is 39.1 Å². The largest absolute Gasteiger partial charge is 0.367 e. The molecule has 1 atom stereocenters. The first-order chi connectivity index (χ1) is 20.9. The first kappa shape index (κ1) is 23.2. The van der Waals surface area contributed by atoms with Crippen LogP contribution in [0.5, 0.6) is 0 Å². The molecular formula is C39H27N3. The highest BCUT2D eigenvalue weighted by Crippen LogP contribution is 2.54. The van der Waals surface area contributed by atoms with Gasteiger partial charge in [-0.15, -0.1) is 0 Å². The first-order valence-corrected chi connectivity index (χ1v) is 14.5. The SMILES string of the molecule is C1=Cc2ccccc2C(N2c3ccccc3-c3c(n(-c4ccc5ccccc5c4)c4ccccc34)-c3ccccc32)N1. The van der Waals surface area contributed by atoms with Gasteiger partial charge in [0.15, 0.2) is 0 Å². The number of nitrogens with zero attached hydrogens (tertiary/aromatic N) is 2. The van der Waals surface area contributed by atoms with Crippen LogP contribution in [-0.2, 0) is 0 Å². The topological polar surface area (TPSA) is 20.2 Å². The molecule has 0 aliphatic carbocycles. The summed E-state index contributed by atoms with van der Waals surface area (Å²) in [6, 6.07) is 50.7. The van der Waals surface area contributed by atoms with E-state index in [9.17, 15) is 0 Å². The third-order valence-electron chi connectivity index (χ3n) is 8.78. The Bertz CT molecular complexity index is 2200. The molecule has 1 unspecified atom stereocenters. The van der Waals surface area contributed by atoms with Gasteiger partial charge < -0.3 is 14.8 Å². The van der Waals surface area contributed by atoms with Crippen LogP contribution in [0.15, 0.2) is 146 Å². The van der Waals surface area contributed by atoms with E-state index in [4.69, 9.17) is 0 Å². The molecule has 1 N–H and O–H groups in total. The fourth-order valence-corrected chi connectivity index (χ4v) is 6.98. The minimum atomic E-state index is -0.0575. The summed E-state index contributed by atoms with van der Waals surface area (Å²) < 4.78 is 2.47. The number of para-hydroxylation sites is 3. The van der Waals surface area contributed by atoms with Crippen molar-refractivity contribution in [1.82, 2.24) is 9.88 Å². The molecule has 0 radical (unpaired) electrons. The van der Waals surface area contributed by atoms with Crippen LogP contribution in [0.4, 0.5) is 11.4 Å². The molecule has 3 heteroatoms. The van der Waals surface area contributed by atoms with Crippen molar-refractivity contribution in [1.29, 1.82) is 0 Å². The Morgan fingerprint density at radius 2 is 1.26 bits per heavy atom. The van der Waals surface area contributed by atoms with Crippen LogP contribution >= 0.6 is 0 Å². The van der Waals surface area contributed by atoms with Gasteiger partial charge in [0.05, 0.1) is 22.6 Å². The molecule has 0 fully saturated rings. The molecule has 6 aromatic carbocycles. The van der Waals surface area contributed by atoms with Crippen molar-refractivity contribution in [2.24, 2.45) is 0 Å². The van der Waals surface area contributed by atoms with Gasteiger partial charge in [-0.1, -0.05) is 109 Å². The summed E-state index contributed by atoms with van der Waals surface area (Å²) in [7, 11) is 0. The van der Waals surface area contributed by atoms with Gasteiger partial charge in [0.2, 0.25) is 0 Å². The Balaban J connectivity index is 1.41. The lowest BCUT2D eigenvalue weighted by Gasteiger charge is -2.37. The number of fused-ring (bicyclic) bond motifs is 9. The van der Waals surface area contributed by atoms with Gasteiger partial charge in [0.25, 0.3) is 0 Å². The summed E-state index contributed by atoms with van der Waals surface area (Å²) in [5.41, 5.74) is 12.2. The molecule has 198 valence electrons. The summed E-state index contributed by atoms with van der Waals surface area (Å²) in [4.78, 5) is 2.49. The van der Waals surface area contributed by atoms with Crippen molar-refractivity contribution in [2.75, 3.05) is 4.90 Å². The third-order valence-corrected chi connectivity index (χ3v) is 8.78. The van der Waals surface area contributed by atoms with Crippen LogP contribution in [-0.4, -0.2) is 4.57 Å². The van der Waals surface area contributed by atoms with E-state index in [1.807, 2.05) is 0 Å². The van der Waals surface area contributed by atoms with Crippen molar-refractivity contribution < 1.29 is 0 Å². The van der Waals surface area contributed by atoms with Crippen LogP contribution < -0.4 is 10.2 Å². The second-order valence-corrected chi connectivity index (χ2v) is 11.0. The fraction of sp³-hybridized carbons (Fsp3) is 0.0256. The van der Waals surface area contributed by atoms with Gasteiger partial charge in [-0.05, 0) is 58.9 Å². The molecule has 42 heavy (non-hydrogen) atoms. The third kappa shape index (κ3) is 3.28. The predicted molar refractivity (Wildman–Crippen MR) is 175 cm³/mol. The average Bonchev–Trinajstić information content (AvgIpc) is 3.34. The summed E-state index contributed by atoms with van der Waals surface area (Å²) >= 11 is 0. The summed E-state index contributed by atoms with van der Waals surface area (Å²) in [5.74, 6) is 0. The number of hydrogen-bond acceptors (Lipinski definition) is 2. The van der Waals surface area contributed by atoms with Crippen LogP contribution in [0.25, 0.3) is 55.8 Å². The molecule has 0 bridgehead atoms. The Morgan fingerprint density at radius 3 is 2.17 bits per heavy atom. The molecule has 2 aliphatic heterocycles. The van der Waals surface area contributed by atoms with Gasteiger partial charge in [-0.25, -0.2) is 0 Å². The van der Waals surface area contributed by atoms with Gasteiger partial charge in [-0.3, -0.25) is 0 Å². The molecule has 3 heterocycles. The molecule has 1 aromatic heterocycles. The molecule has 2 aliphatic rings. The highest BCUT2D eigenvalue weighted by Gasteiger charge is 2.34. The van der Waals surface area contributed by atoms with Gasteiger partial charge in [0, 0.05) is 33.3 Å². The number of aromatic nitrogens is 1. The smallest absolute Gasteiger partial charge is 0.130 e. The molecule has 0 spiro atoms. The fourth-order valence-electron chi connectivity index (χ4n) is 6.98. The quantitative estimate of drug-likeness (QED) is 0.237. The lowest BCUT2D eigenvalue weighted by atomic mass is 9.98. The summed E-state index contributed by atoms with van der Waals surface area (Å²) in [6.07, 6.45) is 4.19. The zero-order valence-electron chi connectivity index (χ0n) is 22.9. The molecule has 9 rings (SSSR count). The van der Waals surface area contributed by atoms with E-state index in [2.05, 4.69) is 167 Å². The van der Waals surface area contributed by atoms with E-state index < -0.39 is 0 Å². The summed E-state index contributed by atoms with van der Waals surface area (Å²) in [5, 5.41) is 7.45. The minimum absolute atomic E-state index is 0.0575. The average molecular weight is 538 g/mol. The van der Waals surface area contributed by atoms with Gasteiger partial charge >= 0.3 is 0 Å². The molecule has 0 saturated carbocycles. The van der Waals surface area contributed by atoms with Crippen LogP contribution in [0.3, 0.4) is 0 Å². The molecule has 7 aromatic rings. The van der Waals surface area contributed by atoms with Crippen LogP contribution in [0.1, 0.15) is 17.3 Å². The van der Waals surface area contributed by atoms with Gasteiger partial charge in [0.1, 0.15) is 6.17 Å². The Labute approximate surface area is 244 Å². The van der Waals surface area contributed by atoms with E-state index in [1.165, 1.54) is 66.6 Å². The van der Waals surface area contributed by atoms with Crippen LogP contribution in [0.2, 0.25) is 0 Å². The maximum atomic E-state index is 3.72. The van der Waals surface area contributed by atoms with Crippen molar-refractivity contribution in [3.05, 3.63) is 157 Å². The number of rotatable bonds is 2. The number of anilines is 2. The number of benzene rings is 6. The van der Waals surface area contributed by atoms with E-state index in [-0.39, 0.29) is 6.17 Å². The predicted octanol–water partition coefficient (Wildman–Crippen LogP) is 9.84. The van der Waals surface area contributed by atoms with Crippen molar-refractivity contribution in [3.8, 4) is 28.1 Å². The van der Waals surface area contributed by atoms with E-state index in [1.54, 1.807) is 0 Å². The Morgan fingerprint density at radius 1 is 0.571 bits per heavy atom. The molecule has 3 nitrogen and oxygen atoms in total. The standard InChI is InChI=1S/C39H27N3/c1-2-13-28-25-29(22-21-26(28)11-1)41-34-18-8-5-15-31(34)37-32-16-6-9-19-35(32)42(36-20-10-7-17-33(36)38(37)41)39-30-14-4-3-12-27(30)23-24-40-39/h1-25,39-40H. The van der Waals surface area contributed by atoms with E-state index in [0.717, 1.165) is 5.69 Å². The highest BCUT2D eigenvalue weighted by molar-refractivity contribution is 6.12. The first-order valence-electron chi connectivity index (χ1n) is 14.5. The lowest BCUT2D eigenvalue weighted by Crippen LogP contribution is -2.35. The van der Waals surface area contributed by atoms with Gasteiger partial charge in [-0.2, -0.15) is 0 Å². The Hall–Kier alpha value is -5.54. The summed E-state index contributed by atoms with van der Waals surface area (Å²) in [6.45, 7) is 0. The van der Waals surface area contributed by atoms with Crippen molar-refractivity contribution in [2.45, 2.75) is 6.17 Å². The maximum Gasteiger partial charge on any atom is 0.130 e. The zero-order valence-corrected chi connectivity index (χ0v) is 22.9.